The Hall–Kier alpha value is -4.21. The molecule has 0 saturated heterocycles. The first-order valence-corrected chi connectivity index (χ1v) is 11.7. The zero-order valence-electron chi connectivity index (χ0n) is 19.5. The van der Waals surface area contributed by atoms with Crippen LogP contribution < -0.4 is 15.5 Å². The molecule has 0 aromatic heterocycles. The number of hydrogen-bond donors (Lipinski definition) is 3. The molecule has 0 fully saturated rings. The number of carbonyl (C=O) groups is 2. The largest absolute Gasteiger partial charge is 0.423 e. The van der Waals surface area contributed by atoms with Gasteiger partial charge < -0.3 is 15.7 Å². The number of alkyl halides is 3. The van der Waals surface area contributed by atoms with Gasteiger partial charge in [0.25, 0.3) is 5.91 Å². The molecule has 3 amide bonds. The maximum Gasteiger partial charge on any atom is 0.423 e. The molecule has 0 aliphatic carbocycles. The van der Waals surface area contributed by atoms with E-state index in [4.69, 9.17) is 11.6 Å². The molecule has 13 heteroatoms. The number of urea groups is 1. The Morgan fingerprint density at radius 3 is 2.56 bits per heavy atom. The van der Waals surface area contributed by atoms with Crippen LogP contribution in [0.15, 0.2) is 48.5 Å². The van der Waals surface area contributed by atoms with Gasteiger partial charge in [-0.05, 0) is 54.1 Å². The lowest BCUT2D eigenvalue weighted by Gasteiger charge is -2.27. The molecule has 3 aromatic rings. The van der Waals surface area contributed by atoms with Crippen LogP contribution in [-0.4, -0.2) is 29.8 Å². The standard InChI is InChI=1S/C26H16ClF5N4O3/c27-18-3-1-13(28)9-15(18)22-21-16(23(37)35-22)7-12(5-6-33)8-19(21)34-24(38)36-11-25(39,26(30,31)32)17-10-14(29)2-4-20(17)36/h1-4,7-10,22,39H,5,11H2,(H,34,38)(H,35,37). The molecular formula is C26H16ClF5N4O3. The first-order valence-electron chi connectivity index (χ1n) is 11.3. The van der Waals surface area contributed by atoms with Crippen molar-refractivity contribution >= 4 is 34.9 Å². The molecule has 0 bridgehead atoms. The summed E-state index contributed by atoms with van der Waals surface area (Å²) in [5, 5.41) is 24.9. The summed E-state index contributed by atoms with van der Waals surface area (Å²) in [7, 11) is 0. The molecule has 3 N–H and O–H groups in total. The van der Waals surface area contributed by atoms with E-state index in [9.17, 15) is 41.9 Å². The lowest BCUT2D eigenvalue weighted by molar-refractivity contribution is -0.258. The molecule has 2 aliphatic rings. The Balaban J connectivity index is 1.60. The van der Waals surface area contributed by atoms with Crippen LogP contribution in [0.1, 0.15) is 38.7 Å². The van der Waals surface area contributed by atoms with Crippen LogP contribution in [-0.2, 0) is 12.0 Å². The normalized spacial score (nSPS) is 19.8. The fourth-order valence-electron chi connectivity index (χ4n) is 4.84. The minimum Gasteiger partial charge on any atom is -0.375 e. The number of nitrogens with one attached hydrogen (secondary N) is 2. The van der Waals surface area contributed by atoms with Crippen molar-refractivity contribution in [2.75, 3.05) is 16.8 Å². The number of fused-ring (bicyclic) bond motifs is 2. The summed E-state index contributed by atoms with van der Waals surface area (Å²) in [6.45, 7) is -1.27. The Labute approximate surface area is 222 Å². The number of carbonyl (C=O) groups excluding carboxylic acids is 2. The van der Waals surface area contributed by atoms with Gasteiger partial charge in [-0.25, -0.2) is 13.6 Å². The Bertz CT molecular complexity index is 1590. The lowest BCUT2D eigenvalue weighted by atomic mass is 9.94. The van der Waals surface area contributed by atoms with Crippen LogP contribution in [0.2, 0.25) is 5.02 Å². The summed E-state index contributed by atoms with van der Waals surface area (Å²) in [4.78, 5) is 26.8. The van der Waals surface area contributed by atoms with Gasteiger partial charge in [-0.1, -0.05) is 11.6 Å². The highest BCUT2D eigenvalue weighted by atomic mass is 35.5. The van der Waals surface area contributed by atoms with Crippen molar-refractivity contribution in [1.29, 1.82) is 5.26 Å². The predicted molar refractivity (Wildman–Crippen MR) is 129 cm³/mol. The molecule has 0 radical (unpaired) electrons. The van der Waals surface area contributed by atoms with Gasteiger partial charge >= 0.3 is 12.2 Å². The third-order valence-corrected chi connectivity index (χ3v) is 6.98. The van der Waals surface area contributed by atoms with E-state index in [0.717, 1.165) is 24.3 Å². The molecule has 39 heavy (non-hydrogen) atoms. The highest BCUT2D eigenvalue weighted by Crippen LogP contribution is 2.49. The van der Waals surface area contributed by atoms with E-state index in [1.54, 1.807) is 0 Å². The maximum absolute atomic E-state index is 14.1. The van der Waals surface area contributed by atoms with Gasteiger partial charge in [0.15, 0.2) is 0 Å². The Morgan fingerprint density at radius 2 is 1.87 bits per heavy atom. The van der Waals surface area contributed by atoms with Gasteiger partial charge in [0.1, 0.15) is 11.6 Å². The molecule has 2 aliphatic heterocycles. The van der Waals surface area contributed by atoms with Crippen molar-refractivity contribution in [1.82, 2.24) is 5.32 Å². The van der Waals surface area contributed by atoms with Gasteiger partial charge in [0, 0.05) is 33.0 Å². The zero-order chi connectivity index (χ0) is 28.3. The molecular weight excluding hydrogens is 547 g/mol. The molecule has 200 valence electrons. The topological polar surface area (TPSA) is 105 Å². The van der Waals surface area contributed by atoms with E-state index in [1.807, 2.05) is 6.07 Å². The molecule has 5 rings (SSSR count). The van der Waals surface area contributed by atoms with Crippen LogP contribution in [0.4, 0.5) is 38.1 Å². The second-order valence-corrected chi connectivity index (χ2v) is 9.45. The van der Waals surface area contributed by atoms with Gasteiger partial charge in [-0.2, -0.15) is 18.4 Å². The fourth-order valence-corrected chi connectivity index (χ4v) is 5.07. The van der Waals surface area contributed by atoms with Crippen LogP contribution in [0.25, 0.3) is 0 Å². The molecule has 0 spiro atoms. The third-order valence-electron chi connectivity index (χ3n) is 6.64. The summed E-state index contributed by atoms with van der Waals surface area (Å²) in [5.74, 6) is -2.31. The van der Waals surface area contributed by atoms with Gasteiger partial charge in [0.05, 0.1) is 30.8 Å². The molecule has 2 heterocycles. The monoisotopic (exact) mass is 562 g/mol. The van der Waals surface area contributed by atoms with Crippen LogP contribution in [0, 0.1) is 23.0 Å². The second kappa shape index (κ2) is 9.21. The fraction of sp³-hybridized carbons (Fsp3) is 0.192. The zero-order valence-corrected chi connectivity index (χ0v) is 20.3. The Kier molecular flexibility index (Phi) is 6.24. The smallest absolute Gasteiger partial charge is 0.375 e. The number of benzene rings is 3. The lowest BCUT2D eigenvalue weighted by Crippen LogP contribution is -2.48. The molecule has 2 atom stereocenters. The number of nitrogens with zero attached hydrogens (tertiary/aromatic N) is 2. The van der Waals surface area contributed by atoms with Crippen molar-refractivity contribution in [3.05, 3.63) is 93.0 Å². The molecule has 2 unspecified atom stereocenters. The van der Waals surface area contributed by atoms with E-state index in [0.29, 0.717) is 16.5 Å². The minimum atomic E-state index is -5.24. The SMILES string of the molecule is N#CCc1cc(NC(=O)N2CC(O)(C(F)(F)F)c3cc(F)ccc32)c2c(c1)C(=O)NC2c1cc(F)ccc1Cl. The first kappa shape index (κ1) is 26.4. The van der Waals surface area contributed by atoms with Crippen molar-refractivity contribution in [3.8, 4) is 6.07 Å². The maximum atomic E-state index is 14.1. The van der Waals surface area contributed by atoms with E-state index < -0.39 is 53.5 Å². The highest BCUT2D eigenvalue weighted by molar-refractivity contribution is 6.31. The molecule has 0 saturated carbocycles. The van der Waals surface area contributed by atoms with E-state index in [2.05, 4.69) is 10.6 Å². The average Bonchev–Trinajstić information content (AvgIpc) is 3.36. The number of β-amino-alcohol motifs (C(OH)–C–C–N with tert-alkyl or cyclic N) is 1. The quantitative estimate of drug-likeness (QED) is 0.376. The average molecular weight is 563 g/mol. The summed E-state index contributed by atoms with van der Waals surface area (Å²) >= 11 is 6.25. The van der Waals surface area contributed by atoms with Crippen molar-refractivity contribution in [2.24, 2.45) is 0 Å². The number of nitriles is 1. The van der Waals surface area contributed by atoms with Gasteiger partial charge in [-0.3, -0.25) is 9.69 Å². The highest BCUT2D eigenvalue weighted by Gasteiger charge is 2.61. The number of rotatable bonds is 3. The summed E-state index contributed by atoms with van der Waals surface area (Å²) in [5.41, 5.74) is -4.16. The van der Waals surface area contributed by atoms with Crippen LogP contribution in [0.5, 0.6) is 0 Å². The van der Waals surface area contributed by atoms with Crippen LogP contribution >= 0.6 is 11.6 Å². The third kappa shape index (κ3) is 4.33. The minimum absolute atomic E-state index is 0.0408. The van der Waals surface area contributed by atoms with Crippen molar-refractivity contribution < 1.29 is 36.6 Å². The van der Waals surface area contributed by atoms with Crippen molar-refractivity contribution in [3.63, 3.8) is 0 Å². The summed E-state index contributed by atoms with van der Waals surface area (Å²) < 4.78 is 69.4. The number of amides is 3. The van der Waals surface area contributed by atoms with E-state index in [1.165, 1.54) is 18.2 Å². The predicted octanol–water partition coefficient (Wildman–Crippen LogP) is 5.32. The molecule has 3 aromatic carbocycles. The van der Waals surface area contributed by atoms with Crippen molar-refractivity contribution in [2.45, 2.75) is 24.2 Å². The molecule has 7 nitrogen and oxygen atoms in total. The Morgan fingerprint density at radius 1 is 1.18 bits per heavy atom. The number of aliphatic hydroxyl groups is 1. The second-order valence-electron chi connectivity index (χ2n) is 9.05. The summed E-state index contributed by atoms with van der Waals surface area (Å²) in [6, 6.07) is 8.26. The van der Waals surface area contributed by atoms with Crippen LogP contribution in [0.3, 0.4) is 0 Å². The number of hydrogen-bond acceptors (Lipinski definition) is 4. The summed E-state index contributed by atoms with van der Waals surface area (Å²) in [6.07, 6.45) is -5.41. The number of anilines is 2. The van der Waals surface area contributed by atoms with E-state index >= 15 is 0 Å². The van der Waals surface area contributed by atoms with Gasteiger partial charge in [-0.15, -0.1) is 0 Å². The first-order chi connectivity index (χ1) is 18.3. The van der Waals surface area contributed by atoms with E-state index in [-0.39, 0.29) is 39.5 Å². The number of halogens is 6. The van der Waals surface area contributed by atoms with Gasteiger partial charge in [0.2, 0.25) is 5.60 Å².